The van der Waals surface area contributed by atoms with E-state index in [1.165, 1.54) is 0 Å². The van der Waals surface area contributed by atoms with E-state index in [-0.39, 0.29) is 25.0 Å². The third-order valence-electron chi connectivity index (χ3n) is 1.50. The van der Waals surface area contributed by atoms with Gasteiger partial charge >= 0.3 is 7.60 Å². The third-order valence-corrected chi connectivity index (χ3v) is 6.58. The average molecular weight is 421 g/mol. The molecule has 0 bridgehead atoms. The second-order valence-electron chi connectivity index (χ2n) is 3.06. The lowest BCUT2D eigenvalue weighted by Gasteiger charge is -2.25. The Balaban J connectivity index is 4.60. The monoisotopic (exact) mass is 418 g/mol. The molecule has 0 amide bonds. The van der Waals surface area contributed by atoms with Crippen LogP contribution in [-0.2, 0) is 13.6 Å². The first-order chi connectivity index (χ1) is 8.16. The zero-order valence-electron chi connectivity index (χ0n) is 8.80. The van der Waals surface area contributed by atoms with E-state index in [1.807, 2.05) is 0 Å². The summed E-state index contributed by atoms with van der Waals surface area (Å²) in [4.78, 5) is 0. The molecule has 0 aromatic rings. The van der Waals surface area contributed by atoms with Crippen molar-refractivity contribution < 1.29 is 13.6 Å². The second-order valence-corrected chi connectivity index (χ2v) is 10.2. The van der Waals surface area contributed by atoms with Gasteiger partial charge in [-0.1, -0.05) is 34.8 Å². The molecule has 0 saturated heterocycles. The van der Waals surface area contributed by atoms with Crippen molar-refractivity contribution in [1.29, 1.82) is 0 Å². The molecule has 2 atom stereocenters. The van der Waals surface area contributed by atoms with E-state index < -0.39 is 21.9 Å². The Kier molecular flexibility index (Phi) is 10.4. The van der Waals surface area contributed by atoms with Crippen LogP contribution in [-0.4, -0.2) is 39.3 Å². The standard InChI is InChI=1S/C7H10Cl7O3P/c8-1-5(10)3-16-18(15,7(12,13)14)17-4-6(11)2-9/h5-6H,1-4H2. The highest BCUT2D eigenvalue weighted by atomic mass is 35.6. The van der Waals surface area contributed by atoms with E-state index >= 15 is 0 Å². The minimum absolute atomic E-state index is 0.0845. The van der Waals surface area contributed by atoms with E-state index in [0.717, 1.165) is 0 Å². The highest BCUT2D eigenvalue weighted by Crippen LogP contribution is 2.66. The van der Waals surface area contributed by atoms with E-state index in [1.54, 1.807) is 0 Å². The van der Waals surface area contributed by atoms with Crippen molar-refractivity contribution in [1.82, 2.24) is 0 Å². The van der Waals surface area contributed by atoms with Crippen LogP contribution in [0.15, 0.2) is 0 Å². The van der Waals surface area contributed by atoms with Gasteiger partial charge in [-0.05, 0) is 0 Å². The Labute approximate surface area is 141 Å². The first kappa shape index (κ1) is 20.2. The Morgan fingerprint density at radius 2 is 1.28 bits per heavy atom. The summed E-state index contributed by atoms with van der Waals surface area (Å²) in [6, 6.07) is 0. The number of hydrogen-bond acceptors (Lipinski definition) is 3. The van der Waals surface area contributed by atoms with Crippen molar-refractivity contribution in [3.63, 3.8) is 0 Å². The van der Waals surface area contributed by atoms with Crippen LogP contribution in [0.25, 0.3) is 0 Å². The molecule has 0 aromatic heterocycles. The number of hydrogen-bond donors (Lipinski definition) is 0. The van der Waals surface area contributed by atoms with E-state index in [0.29, 0.717) is 0 Å². The molecule has 0 saturated carbocycles. The summed E-state index contributed by atoms with van der Waals surface area (Å²) in [6.07, 6.45) is 0. The molecule has 0 aliphatic carbocycles. The van der Waals surface area contributed by atoms with Crippen LogP contribution < -0.4 is 0 Å². The van der Waals surface area contributed by atoms with Crippen LogP contribution in [0.5, 0.6) is 0 Å². The zero-order chi connectivity index (χ0) is 14.4. The molecule has 0 fully saturated rings. The van der Waals surface area contributed by atoms with Crippen molar-refractivity contribution in [3.05, 3.63) is 0 Å². The maximum absolute atomic E-state index is 12.2. The van der Waals surface area contributed by atoms with Gasteiger partial charge in [0, 0.05) is 11.8 Å². The minimum atomic E-state index is -4.03. The van der Waals surface area contributed by atoms with Crippen LogP contribution in [0.2, 0.25) is 0 Å². The molecule has 0 aliphatic rings. The molecule has 0 spiro atoms. The normalized spacial score (nSPS) is 19.3. The Morgan fingerprint density at radius 3 is 1.50 bits per heavy atom. The fourth-order valence-electron chi connectivity index (χ4n) is 0.631. The Morgan fingerprint density at radius 1 is 0.944 bits per heavy atom. The fraction of sp³-hybridized carbons (Fsp3) is 1.00. The average Bonchev–Trinajstić information content (AvgIpc) is 2.31. The molecular weight excluding hydrogens is 411 g/mol. The number of halogens is 7. The van der Waals surface area contributed by atoms with Gasteiger partial charge in [0.2, 0.25) is 0 Å². The Hall–Kier alpha value is 2.18. The maximum atomic E-state index is 12.2. The SMILES string of the molecule is O=P(OCC(Cl)CCl)(OCC(Cl)CCl)C(Cl)(Cl)Cl. The van der Waals surface area contributed by atoms with Gasteiger partial charge in [-0.3, -0.25) is 4.57 Å². The molecular formula is C7H10Cl7O3P. The van der Waals surface area contributed by atoms with Gasteiger partial charge in [0.1, 0.15) is 0 Å². The first-order valence-corrected chi connectivity index (χ1v) is 9.14. The second kappa shape index (κ2) is 9.25. The van der Waals surface area contributed by atoms with Gasteiger partial charge < -0.3 is 9.05 Å². The summed E-state index contributed by atoms with van der Waals surface area (Å²) in [5, 5.41) is -1.17. The molecule has 0 aliphatic heterocycles. The maximum Gasteiger partial charge on any atom is 0.381 e. The molecule has 0 heterocycles. The molecule has 110 valence electrons. The molecule has 0 rings (SSSR count). The summed E-state index contributed by atoms with van der Waals surface area (Å²) < 4.78 is 19.9. The van der Waals surface area contributed by atoms with E-state index in [4.69, 9.17) is 90.3 Å². The topological polar surface area (TPSA) is 35.5 Å². The smallest absolute Gasteiger partial charge is 0.304 e. The molecule has 2 unspecified atom stereocenters. The molecule has 0 radical (unpaired) electrons. The molecule has 3 nitrogen and oxygen atoms in total. The molecule has 0 aromatic carbocycles. The lowest BCUT2D eigenvalue weighted by molar-refractivity contribution is 0.207. The summed E-state index contributed by atoms with van der Waals surface area (Å²) in [5.74, 6) is 0.169. The van der Waals surface area contributed by atoms with E-state index in [2.05, 4.69) is 0 Å². The highest BCUT2D eigenvalue weighted by molar-refractivity contribution is 7.62. The van der Waals surface area contributed by atoms with Crippen molar-refractivity contribution >= 4 is 88.8 Å². The van der Waals surface area contributed by atoms with Crippen molar-refractivity contribution in [2.75, 3.05) is 25.0 Å². The number of rotatable bonds is 8. The first-order valence-electron chi connectivity index (χ1n) is 4.52. The van der Waals surface area contributed by atoms with Crippen molar-refractivity contribution in [2.24, 2.45) is 0 Å². The van der Waals surface area contributed by atoms with Crippen LogP contribution in [0.3, 0.4) is 0 Å². The fourth-order valence-corrected chi connectivity index (χ4v) is 3.11. The molecule has 11 heteroatoms. The summed E-state index contributed by atoms with van der Waals surface area (Å²) in [6.45, 7) is -0.381. The zero-order valence-corrected chi connectivity index (χ0v) is 15.0. The van der Waals surface area contributed by atoms with Gasteiger partial charge in [-0.15, -0.1) is 46.4 Å². The van der Waals surface area contributed by atoms with Crippen molar-refractivity contribution in [3.8, 4) is 0 Å². The van der Waals surface area contributed by atoms with E-state index in [9.17, 15) is 4.57 Å². The molecule has 18 heavy (non-hydrogen) atoms. The number of alkyl halides is 7. The largest absolute Gasteiger partial charge is 0.381 e. The minimum Gasteiger partial charge on any atom is -0.304 e. The summed E-state index contributed by atoms with van der Waals surface area (Å²) in [7, 11) is -4.03. The Bertz CT molecular complexity index is 267. The third kappa shape index (κ3) is 7.26. The van der Waals surface area contributed by atoms with Gasteiger partial charge in [-0.2, -0.15) is 0 Å². The van der Waals surface area contributed by atoms with Crippen LogP contribution in [0.4, 0.5) is 0 Å². The molecule has 0 N–H and O–H groups in total. The predicted octanol–water partition coefficient (Wildman–Crippen LogP) is 5.23. The quantitative estimate of drug-likeness (QED) is 0.398. The van der Waals surface area contributed by atoms with Crippen LogP contribution in [0.1, 0.15) is 0 Å². The van der Waals surface area contributed by atoms with Gasteiger partial charge in [-0.25, -0.2) is 0 Å². The van der Waals surface area contributed by atoms with Gasteiger partial charge in [0.25, 0.3) is 3.53 Å². The lowest BCUT2D eigenvalue weighted by Crippen LogP contribution is -2.19. The summed E-state index contributed by atoms with van der Waals surface area (Å²) >= 11 is 39.0. The van der Waals surface area contributed by atoms with Crippen LogP contribution >= 0.6 is 88.8 Å². The van der Waals surface area contributed by atoms with Crippen LogP contribution in [0, 0.1) is 0 Å². The van der Waals surface area contributed by atoms with Gasteiger partial charge in [0.15, 0.2) is 0 Å². The van der Waals surface area contributed by atoms with Crippen molar-refractivity contribution in [2.45, 2.75) is 14.3 Å². The lowest BCUT2D eigenvalue weighted by atomic mass is 10.5. The summed E-state index contributed by atoms with van der Waals surface area (Å²) in [5.41, 5.74) is 0. The predicted molar refractivity (Wildman–Crippen MR) is 80.5 cm³/mol. The van der Waals surface area contributed by atoms with Gasteiger partial charge in [0.05, 0.1) is 24.0 Å². The highest BCUT2D eigenvalue weighted by Gasteiger charge is 2.48.